The Morgan fingerprint density at radius 3 is 1.72 bits per heavy atom. The van der Waals surface area contributed by atoms with Crippen LogP contribution >= 0.6 is 0 Å². The van der Waals surface area contributed by atoms with Crippen molar-refractivity contribution in [2.75, 3.05) is 61.0 Å². The highest BCUT2D eigenvalue weighted by Crippen LogP contribution is 2.76. The highest BCUT2D eigenvalue weighted by molar-refractivity contribution is 5.87. The Balaban J connectivity index is 0.796. The van der Waals surface area contributed by atoms with Crippen molar-refractivity contribution in [1.29, 1.82) is 0 Å². The number of aliphatic hydroxyl groups excluding tert-OH is 15. The van der Waals surface area contributed by atoms with Crippen molar-refractivity contribution in [3.8, 4) is 17.2 Å². The van der Waals surface area contributed by atoms with Crippen LogP contribution < -0.4 is 14.2 Å². The topological polar surface area (TPSA) is 543 Å². The van der Waals surface area contributed by atoms with Crippen LogP contribution in [0.25, 0.3) is 6.08 Å². The summed E-state index contributed by atoms with van der Waals surface area (Å²) in [5, 5.41) is 191. The lowest BCUT2D eigenvalue weighted by molar-refractivity contribution is -0.379. The lowest BCUT2D eigenvalue weighted by Gasteiger charge is -2.71. The minimum Gasteiger partial charge on any atom is -0.493 e. The van der Waals surface area contributed by atoms with Crippen molar-refractivity contribution in [3.05, 3.63) is 35.4 Å². The molecule has 36 nitrogen and oxygen atoms in total. The number of carboxylic acids is 1. The Morgan fingerprint density at radius 1 is 0.559 bits per heavy atom. The number of ether oxygens (including phenoxy) is 16. The summed E-state index contributed by atoms with van der Waals surface area (Å²) in [4.78, 5) is 44.0. The van der Waals surface area contributed by atoms with Gasteiger partial charge in [-0.3, -0.25) is 9.59 Å². The number of carbonyl (C=O) groups excluding carboxylic acids is 2. The molecule has 36 heteroatoms. The van der Waals surface area contributed by atoms with Crippen molar-refractivity contribution in [2.45, 2.75) is 278 Å². The molecule has 10 fully saturated rings. The molecule has 0 spiro atoms. The molecule has 0 unspecified atom stereocenters. The van der Waals surface area contributed by atoms with E-state index < -0.39 is 273 Å². The first-order valence-corrected chi connectivity index (χ1v) is 38.0. The normalized spacial score (nSPS) is 48.4. The van der Waals surface area contributed by atoms with Gasteiger partial charge in [-0.2, -0.15) is 0 Å². The van der Waals surface area contributed by atoms with Gasteiger partial charge in [0.2, 0.25) is 12.0 Å². The second-order valence-electron chi connectivity index (χ2n) is 33.7. The van der Waals surface area contributed by atoms with Crippen molar-refractivity contribution in [3.63, 3.8) is 0 Å². The predicted molar refractivity (Wildman–Crippen MR) is 371 cm³/mol. The number of carbonyl (C=O) groups is 3. The molecule has 628 valence electrons. The van der Waals surface area contributed by atoms with Crippen LogP contribution in [0.15, 0.2) is 29.9 Å². The SMILES string of the molecule is COc1cc(C=CC(=O)O[C@@H]2[C@@H](O)[C@H](O[C@@H]3O[C@@H](C)[C@@H](O[C@@H]4OC[C@H](O)[C@@H](O[C@H]5OC[C@@H](O)[C@H](O[C@@H]6OC[C@](O)(CO)[C@H]6O)[C@H]5O)[C@@H]4O)[C@@H](O)[C@@H]3O)[C@@H](OC(=O)[C@]34CCC(C)(C)C[C@H]3C3=CC[C@H]5[C@@]6(C)C[C@H](O)[C@@H](O[C@@H]7O[C@@H](CO)[C@@H](O)[C@@H](O)[C@H]7O)[C@](C)(C(=O)O)[C@H]6CC[C@]5(C)[C@@]3(CO)CC4)O[C@@H]2C)cc(OC)c1OC. The summed E-state index contributed by atoms with van der Waals surface area (Å²) in [5.74, 6) is -4.02. The number of aliphatic hydroxyl groups is 16. The van der Waals surface area contributed by atoms with Gasteiger partial charge in [-0.1, -0.05) is 39.3 Å². The smallest absolute Gasteiger partial charge is 0.331 e. The lowest BCUT2D eigenvalue weighted by atomic mass is 9.33. The predicted octanol–water partition coefficient (Wildman–Crippen LogP) is -3.11. The molecule has 11 aliphatic rings. The molecule has 12 rings (SSSR count). The number of hydrogen-bond donors (Lipinski definition) is 17. The number of carboxylic acid groups (broad SMARTS) is 1. The molecule has 4 saturated carbocycles. The molecule has 5 aliphatic carbocycles. The van der Waals surface area contributed by atoms with Gasteiger partial charge in [0.25, 0.3) is 0 Å². The molecule has 6 heterocycles. The van der Waals surface area contributed by atoms with Gasteiger partial charge in [-0.05, 0) is 136 Å². The molecule has 1 aromatic rings. The number of esters is 2. The van der Waals surface area contributed by atoms with E-state index in [4.69, 9.17) is 75.8 Å². The van der Waals surface area contributed by atoms with Gasteiger partial charge >= 0.3 is 17.9 Å². The molecule has 0 bridgehead atoms. The average molecular weight is 1590 g/mol. The van der Waals surface area contributed by atoms with E-state index in [0.29, 0.717) is 31.2 Å². The van der Waals surface area contributed by atoms with E-state index in [1.807, 2.05) is 6.92 Å². The van der Waals surface area contributed by atoms with E-state index in [9.17, 15) is 96.4 Å². The van der Waals surface area contributed by atoms with Crippen LogP contribution in [0.1, 0.15) is 112 Å². The van der Waals surface area contributed by atoms with Crippen LogP contribution in [0.4, 0.5) is 0 Å². The molecule has 0 amide bonds. The number of hydrogen-bond acceptors (Lipinski definition) is 35. The van der Waals surface area contributed by atoms with Crippen molar-refractivity contribution >= 4 is 24.0 Å². The Morgan fingerprint density at radius 2 is 1.14 bits per heavy atom. The zero-order valence-corrected chi connectivity index (χ0v) is 63.7. The number of aliphatic carboxylic acids is 1. The van der Waals surface area contributed by atoms with E-state index in [0.717, 1.165) is 11.6 Å². The van der Waals surface area contributed by atoms with E-state index >= 15 is 4.79 Å². The van der Waals surface area contributed by atoms with Gasteiger partial charge in [-0.25, -0.2) is 4.79 Å². The van der Waals surface area contributed by atoms with Crippen LogP contribution in [-0.2, 0) is 76.0 Å². The summed E-state index contributed by atoms with van der Waals surface area (Å²) in [6.07, 6.45) is -39.9. The van der Waals surface area contributed by atoms with Crippen LogP contribution in [0.3, 0.4) is 0 Å². The van der Waals surface area contributed by atoms with Crippen LogP contribution in [0.5, 0.6) is 17.2 Å². The van der Waals surface area contributed by atoms with Gasteiger partial charge in [-0.15, -0.1) is 0 Å². The largest absolute Gasteiger partial charge is 0.493 e. The van der Waals surface area contributed by atoms with Gasteiger partial charge < -0.3 is 163 Å². The molecule has 1 aromatic carbocycles. The molecule has 6 aliphatic heterocycles. The number of benzene rings is 1. The van der Waals surface area contributed by atoms with Gasteiger partial charge in [0, 0.05) is 11.5 Å². The molecule has 0 radical (unpaired) electrons. The fourth-order valence-corrected chi connectivity index (χ4v) is 20.5. The summed E-state index contributed by atoms with van der Waals surface area (Å²) < 4.78 is 94.0. The molecular formula is C75H112O36. The third-order valence-corrected chi connectivity index (χ3v) is 26.9. The van der Waals surface area contributed by atoms with Crippen molar-refractivity contribution in [2.24, 2.45) is 50.2 Å². The molecular weight excluding hydrogens is 1480 g/mol. The maximum atomic E-state index is 16.1. The fraction of sp³-hybridized carbons (Fsp3) is 0.827. The Bertz CT molecular complexity index is 3480. The lowest BCUT2D eigenvalue weighted by Crippen LogP contribution is -2.71. The Labute approximate surface area is 640 Å². The highest BCUT2D eigenvalue weighted by Gasteiger charge is 2.74. The highest BCUT2D eigenvalue weighted by atomic mass is 16.8. The average Bonchev–Trinajstić information content (AvgIpc) is 0.814. The molecule has 0 aromatic heterocycles. The number of methoxy groups -OCH3 is 3. The molecule has 6 saturated heterocycles. The number of rotatable bonds is 22. The molecule has 17 N–H and O–H groups in total. The van der Waals surface area contributed by atoms with Gasteiger partial charge in [0.1, 0.15) is 103 Å². The minimum atomic E-state index is -2.13. The minimum absolute atomic E-state index is 0.0101. The second-order valence-corrected chi connectivity index (χ2v) is 33.7. The zero-order chi connectivity index (χ0) is 80.9. The summed E-state index contributed by atoms with van der Waals surface area (Å²) >= 11 is 0. The summed E-state index contributed by atoms with van der Waals surface area (Å²) in [5.41, 5.74) is -7.40. The second kappa shape index (κ2) is 32.7. The van der Waals surface area contributed by atoms with Crippen LogP contribution in [0, 0.1) is 50.2 Å². The summed E-state index contributed by atoms with van der Waals surface area (Å²) in [6, 6.07) is 3.13. The summed E-state index contributed by atoms with van der Waals surface area (Å²) in [6.45, 7) is 8.71. The van der Waals surface area contributed by atoms with Crippen LogP contribution in [-0.4, -0.2) is 337 Å². The third kappa shape index (κ3) is 15.0. The molecule has 36 atom stereocenters. The first kappa shape index (κ1) is 85.8. The van der Waals surface area contributed by atoms with E-state index in [2.05, 4.69) is 26.8 Å². The maximum Gasteiger partial charge on any atom is 0.331 e. The van der Waals surface area contributed by atoms with E-state index in [1.165, 1.54) is 48.2 Å². The Kier molecular flexibility index (Phi) is 25.3. The van der Waals surface area contributed by atoms with E-state index in [1.54, 1.807) is 12.1 Å². The van der Waals surface area contributed by atoms with Crippen molar-refractivity contribution < 1.29 is 177 Å². The van der Waals surface area contributed by atoms with Crippen LogP contribution in [0.2, 0.25) is 0 Å². The first-order valence-electron chi connectivity index (χ1n) is 38.0. The van der Waals surface area contributed by atoms with Gasteiger partial charge in [0.05, 0.1) is 90.1 Å². The Hall–Kier alpha value is -4.57. The summed E-state index contributed by atoms with van der Waals surface area (Å²) in [7, 11) is 4.24. The quantitative estimate of drug-likeness (QED) is 0.0236. The first-order chi connectivity index (χ1) is 52.3. The molecule has 111 heavy (non-hydrogen) atoms. The van der Waals surface area contributed by atoms with Crippen molar-refractivity contribution in [1.82, 2.24) is 0 Å². The fourth-order valence-electron chi connectivity index (χ4n) is 20.5. The maximum absolute atomic E-state index is 16.1. The standard InChI is InChI=1S/C75H112O36/c1-31-53(106-61-51(89)55(37(80)26-99-61)107-62-52(90)56(38(81)27-100-62)108-66-59(91)75(95,29-78)30-101-66)47(85)49(87)63(102-31)109-58-50(88)54(105-44(82)14-11-33-21-39(96-8)57(98-10)40(22-33)97-9)32(2)103-65(58)111-68(94)73-18-17-69(3,4)23-35(73)34-12-13-42-70(5)24-36(79)60(110-64-48(86)46(84)45(83)41(25-76)104-64)72(7,67(92)93)43(70)15-16-71(42,6)74(34,28-77)20-19-73/h11-12,14,21-22,31-32,35-38,41-43,45-56,58-66,76-81,83-91,95H,13,15-20,23-30H2,1-10H3,(H,92,93)/t31-,32+,35-,36-,37-,38+,41-,42-,43-,45+,46+,47-,48+,49-,50+,51-,52+,53+,54-,55+,56-,58-,59-,60+,61-,62+,63-,64-,65+,66-,70+,71-,72+,73-,74+,75+/m0/s1. The van der Waals surface area contributed by atoms with E-state index in [-0.39, 0.29) is 56.0 Å². The third-order valence-electron chi connectivity index (χ3n) is 26.9. The zero-order valence-electron chi connectivity index (χ0n) is 63.7. The number of fused-ring (bicyclic) bond motifs is 7. The van der Waals surface area contributed by atoms with Gasteiger partial charge in [0.15, 0.2) is 55.2 Å². The monoisotopic (exact) mass is 1590 g/mol. The number of allylic oxidation sites excluding steroid dienone is 1.